The topological polar surface area (TPSA) is 63.3 Å². The van der Waals surface area contributed by atoms with Gasteiger partial charge in [0.15, 0.2) is 0 Å². The van der Waals surface area contributed by atoms with E-state index in [1.54, 1.807) is 36.4 Å². The summed E-state index contributed by atoms with van der Waals surface area (Å²) in [6, 6.07) is 15.9. The lowest BCUT2D eigenvalue weighted by molar-refractivity contribution is 0.483. The van der Waals surface area contributed by atoms with Crippen LogP contribution in [0.3, 0.4) is 0 Å². The lowest BCUT2D eigenvalue weighted by Crippen LogP contribution is -2.02. The van der Waals surface area contributed by atoms with E-state index in [4.69, 9.17) is 4.42 Å². The van der Waals surface area contributed by atoms with Crippen molar-refractivity contribution in [2.75, 3.05) is 0 Å². The van der Waals surface area contributed by atoms with Crippen molar-refractivity contribution in [2.45, 2.75) is 0 Å². The second kappa shape index (κ2) is 5.01. The maximum Gasteiger partial charge on any atom is 0.347 e. The summed E-state index contributed by atoms with van der Waals surface area (Å²) >= 11 is 0. The second-order valence-corrected chi connectivity index (χ2v) is 4.25. The predicted molar refractivity (Wildman–Crippen MR) is 77.2 cm³/mol. The lowest BCUT2D eigenvalue weighted by atomic mass is 10.2. The number of hydrogen-bond donors (Lipinski definition) is 1. The normalized spacial score (nSPS) is 11.7. The van der Waals surface area contributed by atoms with Crippen LogP contribution < -0.4 is 5.63 Å². The molecular formula is C16H11NO3. The number of nitrogens with zero attached hydrogens (tertiary/aromatic N) is 1. The van der Waals surface area contributed by atoms with Gasteiger partial charge in [-0.1, -0.05) is 42.5 Å². The molecule has 0 atom stereocenters. The van der Waals surface area contributed by atoms with E-state index in [1.165, 1.54) is 6.08 Å². The van der Waals surface area contributed by atoms with Gasteiger partial charge >= 0.3 is 5.63 Å². The highest BCUT2D eigenvalue weighted by Crippen LogP contribution is 2.15. The number of benzene rings is 2. The monoisotopic (exact) mass is 265 g/mol. The Bertz CT molecular complexity index is 835. The highest BCUT2D eigenvalue weighted by molar-refractivity contribution is 5.79. The third kappa shape index (κ3) is 2.31. The van der Waals surface area contributed by atoms with E-state index >= 15 is 0 Å². The molecule has 3 rings (SSSR count). The molecule has 0 fully saturated rings. The van der Waals surface area contributed by atoms with Crippen LogP contribution in [-0.2, 0) is 0 Å². The highest BCUT2D eigenvalue weighted by Gasteiger charge is 2.05. The van der Waals surface area contributed by atoms with Gasteiger partial charge in [0.05, 0.1) is 10.9 Å². The molecule has 20 heavy (non-hydrogen) atoms. The summed E-state index contributed by atoms with van der Waals surface area (Å²) in [6.07, 6.45) is 1.34. The molecule has 0 radical (unpaired) electrons. The van der Waals surface area contributed by atoms with Crippen LogP contribution >= 0.6 is 0 Å². The number of aliphatic hydroxyl groups is 1. The molecule has 0 aliphatic heterocycles. The molecule has 0 amide bonds. The second-order valence-electron chi connectivity index (χ2n) is 4.25. The molecule has 0 aliphatic rings. The molecule has 4 heteroatoms. The van der Waals surface area contributed by atoms with Crippen molar-refractivity contribution in [1.29, 1.82) is 0 Å². The third-order valence-corrected chi connectivity index (χ3v) is 2.88. The SMILES string of the molecule is O=c1oc(/C=C(\O)c2ccccc2)nc2ccccc12. The lowest BCUT2D eigenvalue weighted by Gasteiger charge is -2.00. The van der Waals surface area contributed by atoms with Gasteiger partial charge in [0.1, 0.15) is 5.76 Å². The van der Waals surface area contributed by atoms with Crippen LogP contribution in [0.1, 0.15) is 11.5 Å². The summed E-state index contributed by atoms with van der Waals surface area (Å²) < 4.78 is 5.08. The molecule has 0 aliphatic carbocycles. The minimum absolute atomic E-state index is 0.00321. The number of hydrogen-bond acceptors (Lipinski definition) is 4. The Morgan fingerprint density at radius 3 is 2.55 bits per heavy atom. The van der Waals surface area contributed by atoms with Crippen molar-refractivity contribution in [1.82, 2.24) is 4.98 Å². The van der Waals surface area contributed by atoms with Gasteiger partial charge in [-0.2, -0.15) is 0 Å². The standard InChI is InChI=1S/C16H11NO3/c18-14(11-6-2-1-3-7-11)10-15-17-13-9-5-4-8-12(13)16(19)20-15/h1-10,18H/b14-10-. The number of aromatic nitrogens is 1. The smallest absolute Gasteiger partial charge is 0.347 e. The van der Waals surface area contributed by atoms with Gasteiger partial charge in [0, 0.05) is 11.6 Å². The van der Waals surface area contributed by atoms with Gasteiger partial charge in [-0.25, -0.2) is 9.78 Å². The Morgan fingerprint density at radius 2 is 1.75 bits per heavy atom. The van der Waals surface area contributed by atoms with Crippen molar-refractivity contribution >= 4 is 22.7 Å². The van der Waals surface area contributed by atoms with Gasteiger partial charge in [-0.05, 0) is 12.1 Å². The van der Waals surface area contributed by atoms with E-state index in [2.05, 4.69) is 4.98 Å². The van der Waals surface area contributed by atoms with Crippen LogP contribution in [-0.4, -0.2) is 10.1 Å². The van der Waals surface area contributed by atoms with Crippen LogP contribution in [0.5, 0.6) is 0 Å². The first kappa shape index (κ1) is 12.2. The zero-order chi connectivity index (χ0) is 13.9. The molecule has 0 saturated carbocycles. The van der Waals surface area contributed by atoms with E-state index in [0.29, 0.717) is 16.5 Å². The molecular weight excluding hydrogens is 254 g/mol. The zero-order valence-corrected chi connectivity index (χ0v) is 10.5. The molecule has 0 saturated heterocycles. The first-order valence-electron chi connectivity index (χ1n) is 6.10. The minimum Gasteiger partial charge on any atom is -0.507 e. The number of fused-ring (bicyclic) bond motifs is 1. The molecule has 1 aromatic heterocycles. The van der Waals surface area contributed by atoms with Gasteiger partial charge in [0.25, 0.3) is 0 Å². The van der Waals surface area contributed by atoms with Crippen molar-refractivity contribution in [3.8, 4) is 0 Å². The Balaban J connectivity index is 2.09. The summed E-state index contributed by atoms with van der Waals surface area (Å²) in [5, 5.41) is 10.4. The Hall–Kier alpha value is -2.88. The summed E-state index contributed by atoms with van der Waals surface area (Å²) in [5.41, 5.74) is 0.698. The Kier molecular flexibility index (Phi) is 3.05. The zero-order valence-electron chi connectivity index (χ0n) is 10.5. The quantitative estimate of drug-likeness (QED) is 0.722. The summed E-state index contributed by atoms with van der Waals surface area (Å²) in [7, 11) is 0. The maximum absolute atomic E-state index is 11.8. The van der Waals surface area contributed by atoms with Gasteiger partial charge in [0.2, 0.25) is 5.89 Å². The molecule has 3 aromatic rings. The van der Waals surface area contributed by atoms with Crippen LogP contribution in [0.25, 0.3) is 22.7 Å². The maximum atomic E-state index is 11.8. The number of para-hydroxylation sites is 1. The largest absolute Gasteiger partial charge is 0.507 e. The molecule has 0 bridgehead atoms. The van der Waals surface area contributed by atoms with Gasteiger partial charge in [-0.3, -0.25) is 0 Å². The molecule has 2 aromatic carbocycles. The molecule has 1 N–H and O–H groups in total. The van der Waals surface area contributed by atoms with Crippen molar-refractivity contribution in [2.24, 2.45) is 0 Å². The summed E-state index contributed by atoms with van der Waals surface area (Å²) in [6.45, 7) is 0. The van der Waals surface area contributed by atoms with Crippen molar-refractivity contribution < 1.29 is 9.52 Å². The fourth-order valence-electron chi connectivity index (χ4n) is 1.91. The van der Waals surface area contributed by atoms with E-state index in [1.807, 2.05) is 18.2 Å². The average molecular weight is 265 g/mol. The molecule has 0 unspecified atom stereocenters. The van der Waals surface area contributed by atoms with Crippen molar-refractivity contribution in [3.63, 3.8) is 0 Å². The van der Waals surface area contributed by atoms with E-state index < -0.39 is 5.63 Å². The first-order chi connectivity index (χ1) is 9.74. The van der Waals surface area contributed by atoms with E-state index in [0.717, 1.165) is 0 Å². The summed E-state index contributed by atoms with van der Waals surface area (Å²) in [5.74, 6) is 0.0755. The minimum atomic E-state index is -0.470. The fraction of sp³-hybridized carbons (Fsp3) is 0. The highest BCUT2D eigenvalue weighted by atomic mass is 16.4. The third-order valence-electron chi connectivity index (χ3n) is 2.88. The van der Waals surface area contributed by atoms with Crippen LogP contribution in [0.4, 0.5) is 0 Å². The fourth-order valence-corrected chi connectivity index (χ4v) is 1.91. The predicted octanol–water partition coefficient (Wildman–Crippen LogP) is 3.24. The molecule has 4 nitrogen and oxygen atoms in total. The van der Waals surface area contributed by atoms with E-state index in [-0.39, 0.29) is 11.6 Å². The van der Waals surface area contributed by atoms with E-state index in [9.17, 15) is 9.90 Å². The van der Waals surface area contributed by atoms with Crippen molar-refractivity contribution in [3.05, 3.63) is 76.5 Å². The van der Waals surface area contributed by atoms with Gasteiger partial charge < -0.3 is 9.52 Å². The molecule has 0 spiro atoms. The molecule has 98 valence electrons. The number of aliphatic hydroxyl groups excluding tert-OH is 1. The van der Waals surface area contributed by atoms with Crippen LogP contribution in [0.15, 0.2) is 63.8 Å². The summed E-state index contributed by atoms with van der Waals surface area (Å²) in [4.78, 5) is 16.0. The average Bonchev–Trinajstić information content (AvgIpc) is 2.48. The Morgan fingerprint density at radius 1 is 1.05 bits per heavy atom. The number of rotatable bonds is 2. The van der Waals surface area contributed by atoms with Crippen LogP contribution in [0.2, 0.25) is 0 Å². The molecule has 1 heterocycles. The van der Waals surface area contributed by atoms with Crippen LogP contribution in [0, 0.1) is 0 Å². The van der Waals surface area contributed by atoms with Gasteiger partial charge in [-0.15, -0.1) is 0 Å². The first-order valence-corrected chi connectivity index (χ1v) is 6.10. The Labute approximate surface area is 114 Å².